The molecule has 0 saturated carbocycles. The first-order chi connectivity index (χ1) is 12.1. The fourth-order valence-electron chi connectivity index (χ4n) is 2.74. The molecule has 1 unspecified atom stereocenters. The number of fused-ring (bicyclic) bond motifs is 1. The van der Waals surface area contributed by atoms with Crippen LogP contribution in [0.3, 0.4) is 0 Å². The van der Waals surface area contributed by atoms with Crippen molar-refractivity contribution in [2.75, 3.05) is 19.0 Å². The van der Waals surface area contributed by atoms with Crippen LogP contribution in [-0.4, -0.2) is 30.5 Å². The number of ether oxygens (including phenoxy) is 1. The molecule has 6 nitrogen and oxygen atoms in total. The van der Waals surface area contributed by atoms with Gasteiger partial charge >= 0.3 is 0 Å². The van der Waals surface area contributed by atoms with Crippen molar-refractivity contribution >= 4 is 28.3 Å². The molecule has 2 N–H and O–H groups in total. The van der Waals surface area contributed by atoms with Crippen molar-refractivity contribution in [3.8, 4) is 5.75 Å². The lowest BCUT2D eigenvalue weighted by molar-refractivity contribution is -0.122. The number of rotatable bonds is 6. The van der Waals surface area contributed by atoms with Gasteiger partial charge in [0.15, 0.2) is 5.13 Å². The number of aryl methyl sites for hydroxylation is 1. The second-order valence-electron chi connectivity index (χ2n) is 5.64. The van der Waals surface area contributed by atoms with Crippen LogP contribution in [0.15, 0.2) is 36.9 Å². The highest BCUT2D eigenvalue weighted by Gasteiger charge is 2.32. The van der Waals surface area contributed by atoms with Crippen LogP contribution in [0.25, 0.3) is 0 Å². The normalized spacial score (nSPS) is 15.3. The maximum atomic E-state index is 12.3. The van der Waals surface area contributed by atoms with Crippen LogP contribution in [0.5, 0.6) is 5.75 Å². The first kappa shape index (κ1) is 17.2. The lowest BCUT2D eigenvalue weighted by atomic mass is 10.1. The van der Waals surface area contributed by atoms with Crippen molar-refractivity contribution in [3.05, 3.63) is 53.1 Å². The van der Waals surface area contributed by atoms with Crippen LogP contribution in [0.1, 0.15) is 33.3 Å². The van der Waals surface area contributed by atoms with Crippen LogP contribution < -0.4 is 15.4 Å². The van der Waals surface area contributed by atoms with E-state index in [1.807, 2.05) is 0 Å². The summed E-state index contributed by atoms with van der Waals surface area (Å²) in [4.78, 5) is 30.0. The summed E-state index contributed by atoms with van der Waals surface area (Å²) in [5.74, 6) is 0.163. The zero-order valence-electron chi connectivity index (χ0n) is 13.9. The molecular formula is C18H19N3O3S. The van der Waals surface area contributed by atoms with Crippen LogP contribution in [0.2, 0.25) is 0 Å². The molecule has 130 valence electrons. The van der Waals surface area contributed by atoms with Gasteiger partial charge in [-0.25, -0.2) is 4.98 Å². The maximum Gasteiger partial charge on any atom is 0.257 e. The summed E-state index contributed by atoms with van der Waals surface area (Å²) in [7, 11) is 1.58. The predicted molar refractivity (Wildman–Crippen MR) is 97.3 cm³/mol. The first-order valence-electron chi connectivity index (χ1n) is 7.96. The molecule has 0 saturated heterocycles. The van der Waals surface area contributed by atoms with Crippen molar-refractivity contribution in [2.24, 2.45) is 0 Å². The highest BCUT2D eigenvalue weighted by Crippen LogP contribution is 2.38. The molecule has 1 aromatic heterocycles. The molecule has 7 heteroatoms. The Balaban J connectivity index is 1.69. The Bertz CT molecular complexity index is 798. The molecule has 0 spiro atoms. The highest BCUT2D eigenvalue weighted by atomic mass is 32.1. The standard InChI is InChI=1S/C18H19N3O3S/c1-3-10-19-17(23)13-8-9-14-15(13)20-18(25-14)21-16(22)11-4-6-12(24-2)7-5-11/h3-7,13H,1,8-10H2,2H3,(H,19,23)(H,20,21,22). The summed E-state index contributed by atoms with van der Waals surface area (Å²) in [5, 5.41) is 6.14. The van der Waals surface area contributed by atoms with Gasteiger partial charge < -0.3 is 10.1 Å². The molecule has 25 heavy (non-hydrogen) atoms. The largest absolute Gasteiger partial charge is 0.497 e. The number of hydrogen-bond donors (Lipinski definition) is 2. The number of hydrogen-bond acceptors (Lipinski definition) is 5. The fraction of sp³-hybridized carbons (Fsp3) is 0.278. The molecule has 0 fully saturated rings. The van der Waals surface area contributed by atoms with Crippen molar-refractivity contribution in [3.63, 3.8) is 0 Å². The predicted octanol–water partition coefficient (Wildman–Crippen LogP) is 2.74. The monoisotopic (exact) mass is 357 g/mol. The van der Waals surface area contributed by atoms with Gasteiger partial charge in [0.25, 0.3) is 5.91 Å². The zero-order valence-corrected chi connectivity index (χ0v) is 14.7. The van der Waals surface area contributed by atoms with Crippen molar-refractivity contribution < 1.29 is 14.3 Å². The molecule has 0 aliphatic heterocycles. The number of carbonyl (C=O) groups is 2. The molecule has 1 atom stereocenters. The zero-order chi connectivity index (χ0) is 17.8. The minimum absolute atomic E-state index is 0.0445. The van der Waals surface area contributed by atoms with Crippen LogP contribution in [0, 0.1) is 0 Å². The average Bonchev–Trinajstić information content (AvgIpc) is 3.19. The molecule has 1 aromatic carbocycles. The smallest absolute Gasteiger partial charge is 0.257 e. The quantitative estimate of drug-likeness (QED) is 0.779. The third-order valence-electron chi connectivity index (χ3n) is 4.03. The van der Waals surface area contributed by atoms with E-state index in [4.69, 9.17) is 4.74 Å². The van der Waals surface area contributed by atoms with Crippen LogP contribution >= 0.6 is 11.3 Å². The van der Waals surface area contributed by atoms with Gasteiger partial charge in [-0.2, -0.15) is 0 Å². The van der Waals surface area contributed by atoms with E-state index in [0.29, 0.717) is 23.0 Å². The lowest BCUT2D eigenvalue weighted by Gasteiger charge is -2.09. The summed E-state index contributed by atoms with van der Waals surface area (Å²) < 4.78 is 5.08. The third kappa shape index (κ3) is 3.71. The molecular weight excluding hydrogens is 338 g/mol. The van der Waals surface area contributed by atoms with Crippen molar-refractivity contribution in [2.45, 2.75) is 18.8 Å². The van der Waals surface area contributed by atoms with E-state index in [1.54, 1.807) is 37.5 Å². The number of thiazole rings is 1. The van der Waals surface area contributed by atoms with E-state index in [9.17, 15) is 9.59 Å². The molecule has 3 rings (SSSR count). The van der Waals surface area contributed by atoms with E-state index in [0.717, 1.165) is 23.4 Å². The Labute approximate surface area is 149 Å². The van der Waals surface area contributed by atoms with Gasteiger partial charge in [-0.3, -0.25) is 14.9 Å². The summed E-state index contributed by atoms with van der Waals surface area (Å²) in [6.45, 7) is 4.04. The van der Waals surface area contributed by atoms with Gasteiger partial charge in [0.2, 0.25) is 5.91 Å². The Hall–Kier alpha value is -2.67. The molecule has 2 amide bonds. The second kappa shape index (κ2) is 7.48. The molecule has 0 bridgehead atoms. The first-order valence-corrected chi connectivity index (χ1v) is 8.77. The maximum absolute atomic E-state index is 12.3. The minimum Gasteiger partial charge on any atom is -0.497 e. The molecule has 1 heterocycles. The third-order valence-corrected chi connectivity index (χ3v) is 5.07. The number of anilines is 1. The number of nitrogens with one attached hydrogen (secondary N) is 2. The molecule has 1 aliphatic carbocycles. The topological polar surface area (TPSA) is 80.3 Å². The molecule has 1 aliphatic rings. The summed E-state index contributed by atoms with van der Waals surface area (Å²) in [5.41, 5.74) is 1.30. The SMILES string of the molecule is C=CCNC(=O)C1CCc2sc(NC(=O)c3ccc(OC)cc3)nc21. The van der Waals surface area contributed by atoms with Gasteiger partial charge in [0, 0.05) is 17.0 Å². The van der Waals surface area contributed by atoms with E-state index < -0.39 is 0 Å². The van der Waals surface area contributed by atoms with Crippen molar-refractivity contribution in [1.29, 1.82) is 0 Å². The summed E-state index contributed by atoms with van der Waals surface area (Å²) in [6.07, 6.45) is 3.21. The van der Waals surface area contributed by atoms with Crippen LogP contribution in [-0.2, 0) is 11.2 Å². The van der Waals surface area contributed by atoms with E-state index >= 15 is 0 Å². The number of benzene rings is 1. The van der Waals surface area contributed by atoms with E-state index in [1.165, 1.54) is 11.3 Å². The lowest BCUT2D eigenvalue weighted by Crippen LogP contribution is -2.28. The fourth-order valence-corrected chi connectivity index (χ4v) is 3.78. The Morgan fingerprint density at radius 2 is 2.16 bits per heavy atom. The Morgan fingerprint density at radius 1 is 1.40 bits per heavy atom. The average molecular weight is 357 g/mol. The number of nitrogens with zero attached hydrogens (tertiary/aromatic N) is 1. The Morgan fingerprint density at radius 3 is 2.84 bits per heavy atom. The van der Waals surface area contributed by atoms with Gasteiger partial charge in [-0.05, 0) is 37.1 Å². The summed E-state index contributed by atoms with van der Waals surface area (Å²) in [6, 6.07) is 6.86. The number of aromatic nitrogens is 1. The number of amides is 2. The van der Waals surface area contributed by atoms with Crippen LogP contribution in [0.4, 0.5) is 5.13 Å². The second-order valence-corrected chi connectivity index (χ2v) is 6.72. The minimum atomic E-state index is -0.252. The van der Waals surface area contributed by atoms with Crippen molar-refractivity contribution in [1.82, 2.24) is 10.3 Å². The van der Waals surface area contributed by atoms with Gasteiger partial charge in [0.05, 0.1) is 18.7 Å². The Kier molecular flexibility index (Phi) is 5.14. The molecule has 2 aromatic rings. The van der Waals surface area contributed by atoms with Gasteiger partial charge in [0.1, 0.15) is 5.75 Å². The number of carbonyl (C=O) groups excluding carboxylic acids is 2. The van der Waals surface area contributed by atoms with E-state index in [-0.39, 0.29) is 17.7 Å². The number of methoxy groups -OCH3 is 1. The van der Waals surface area contributed by atoms with E-state index in [2.05, 4.69) is 22.2 Å². The molecule has 0 radical (unpaired) electrons. The highest BCUT2D eigenvalue weighted by molar-refractivity contribution is 7.16. The van der Waals surface area contributed by atoms with Gasteiger partial charge in [-0.1, -0.05) is 6.08 Å². The van der Waals surface area contributed by atoms with Gasteiger partial charge in [-0.15, -0.1) is 17.9 Å². The summed E-state index contributed by atoms with van der Waals surface area (Å²) >= 11 is 1.43.